The van der Waals surface area contributed by atoms with Gasteiger partial charge in [-0.3, -0.25) is 9.97 Å². The summed E-state index contributed by atoms with van der Waals surface area (Å²) in [4.78, 5) is 30.8. The average Bonchev–Trinajstić information content (AvgIpc) is 2.59. The molecule has 0 saturated heterocycles. The first-order chi connectivity index (χ1) is 10.8. The summed E-state index contributed by atoms with van der Waals surface area (Å²) in [5.41, 5.74) is 0.776. The molecule has 112 valence electrons. The fourth-order valence-corrected chi connectivity index (χ4v) is 1.52. The van der Waals surface area contributed by atoms with Gasteiger partial charge in [0.25, 0.3) is 0 Å². The fraction of sp³-hybridized carbons (Fsp3) is 0.125. The van der Waals surface area contributed by atoms with Crippen LogP contribution in [0.15, 0.2) is 61.2 Å². The van der Waals surface area contributed by atoms with Crippen molar-refractivity contribution in [3.63, 3.8) is 0 Å². The van der Waals surface area contributed by atoms with E-state index in [0.717, 1.165) is 0 Å². The second-order valence-electron chi connectivity index (χ2n) is 4.15. The van der Waals surface area contributed by atoms with Crippen LogP contribution in [0.3, 0.4) is 0 Å². The highest BCUT2D eigenvalue weighted by Gasteiger charge is 2.05. The molecule has 0 spiro atoms. The van der Waals surface area contributed by atoms with Gasteiger partial charge in [-0.2, -0.15) is 0 Å². The number of aromatic nitrogens is 2. The summed E-state index contributed by atoms with van der Waals surface area (Å²) in [5.74, 6) is -0.907. The number of ether oxygens (including phenoxy) is 2. The maximum absolute atomic E-state index is 11.6. The van der Waals surface area contributed by atoms with E-state index in [-0.39, 0.29) is 13.2 Å². The molecule has 2 heterocycles. The molecule has 0 aromatic carbocycles. The van der Waals surface area contributed by atoms with Gasteiger partial charge in [-0.25, -0.2) is 9.59 Å². The van der Waals surface area contributed by atoms with Crippen LogP contribution in [-0.2, 0) is 9.47 Å². The minimum Gasteiger partial charge on any atom is -0.458 e. The molecule has 6 nitrogen and oxygen atoms in total. The first-order valence-electron chi connectivity index (χ1n) is 6.56. The number of hydrogen-bond acceptors (Lipinski definition) is 6. The zero-order valence-electron chi connectivity index (χ0n) is 11.7. The van der Waals surface area contributed by atoms with Gasteiger partial charge >= 0.3 is 11.9 Å². The standard InChI is InChI=1S/C16H14N2O4/c19-15(13-5-3-7-17-11-13)21-9-1-2-10-22-16(20)14-6-4-8-18-12-14/h1-8,11-12H,9-10H2/b2-1+. The van der Waals surface area contributed by atoms with Crippen LogP contribution in [-0.4, -0.2) is 35.1 Å². The Balaban J connectivity index is 1.67. The molecule has 2 aromatic rings. The average molecular weight is 298 g/mol. The van der Waals surface area contributed by atoms with Crippen molar-refractivity contribution in [2.45, 2.75) is 0 Å². The minimum absolute atomic E-state index is 0.0954. The largest absolute Gasteiger partial charge is 0.458 e. The lowest BCUT2D eigenvalue weighted by atomic mass is 10.3. The number of pyridine rings is 2. The van der Waals surface area contributed by atoms with Crippen molar-refractivity contribution in [3.05, 3.63) is 72.3 Å². The molecule has 2 aromatic heterocycles. The molecule has 0 saturated carbocycles. The molecule has 0 fully saturated rings. The van der Waals surface area contributed by atoms with Crippen molar-refractivity contribution >= 4 is 11.9 Å². The molecule has 0 bridgehead atoms. The van der Waals surface area contributed by atoms with Crippen LogP contribution in [0.2, 0.25) is 0 Å². The highest BCUT2D eigenvalue weighted by atomic mass is 16.5. The number of carbonyl (C=O) groups is 2. The Morgan fingerprint density at radius 1 is 0.864 bits per heavy atom. The number of carbonyl (C=O) groups excluding carboxylic acids is 2. The van der Waals surface area contributed by atoms with E-state index in [2.05, 4.69) is 9.97 Å². The van der Waals surface area contributed by atoms with Gasteiger partial charge in [0.05, 0.1) is 11.1 Å². The highest BCUT2D eigenvalue weighted by molar-refractivity contribution is 5.89. The first kappa shape index (κ1) is 15.4. The second kappa shape index (κ2) is 8.31. The van der Waals surface area contributed by atoms with Gasteiger partial charge in [0.1, 0.15) is 13.2 Å². The van der Waals surface area contributed by atoms with Gasteiger partial charge in [-0.1, -0.05) is 0 Å². The summed E-state index contributed by atoms with van der Waals surface area (Å²) in [6.07, 6.45) is 9.22. The Labute approximate surface area is 127 Å². The molecule has 0 radical (unpaired) electrons. The summed E-state index contributed by atoms with van der Waals surface area (Å²) in [6.45, 7) is 0.191. The van der Waals surface area contributed by atoms with E-state index in [1.165, 1.54) is 12.4 Å². The Morgan fingerprint density at radius 3 is 1.68 bits per heavy atom. The van der Waals surface area contributed by atoms with Gasteiger partial charge in [0, 0.05) is 24.8 Å². The second-order valence-corrected chi connectivity index (χ2v) is 4.15. The smallest absolute Gasteiger partial charge is 0.340 e. The molecule has 2 rings (SSSR count). The van der Waals surface area contributed by atoms with Gasteiger partial charge in [-0.15, -0.1) is 0 Å². The maximum Gasteiger partial charge on any atom is 0.340 e. The third-order valence-corrected chi connectivity index (χ3v) is 2.58. The minimum atomic E-state index is -0.454. The van der Waals surface area contributed by atoms with E-state index in [0.29, 0.717) is 11.1 Å². The molecule has 0 atom stereocenters. The normalized spacial score (nSPS) is 10.4. The Morgan fingerprint density at radius 2 is 1.32 bits per heavy atom. The van der Waals surface area contributed by atoms with Crippen molar-refractivity contribution in [2.24, 2.45) is 0 Å². The molecule has 0 aliphatic rings. The molecule has 0 aliphatic heterocycles. The van der Waals surface area contributed by atoms with Crippen LogP contribution < -0.4 is 0 Å². The van der Waals surface area contributed by atoms with Crippen molar-refractivity contribution in [1.82, 2.24) is 9.97 Å². The number of nitrogens with zero attached hydrogens (tertiary/aromatic N) is 2. The molecular formula is C16H14N2O4. The third kappa shape index (κ3) is 4.82. The fourth-order valence-electron chi connectivity index (χ4n) is 1.52. The summed E-state index contributed by atoms with van der Waals surface area (Å²) >= 11 is 0. The summed E-state index contributed by atoms with van der Waals surface area (Å²) in [6, 6.07) is 6.55. The lowest BCUT2D eigenvalue weighted by Gasteiger charge is -2.02. The van der Waals surface area contributed by atoms with Crippen LogP contribution >= 0.6 is 0 Å². The molecule has 0 amide bonds. The quantitative estimate of drug-likeness (QED) is 0.600. The van der Waals surface area contributed by atoms with Crippen molar-refractivity contribution in [1.29, 1.82) is 0 Å². The lowest BCUT2D eigenvalue weighted by Crippen LogP contribution is -2.06. The van der Waals surface area contributed by atoms with Gasteiger partial charge in [0.15, 0.2) is 0 Å². The van der Waals surface area contributed by atoms with E-state index in [4.69, 9.17) is 9.47 Å². The molecule has 0 unspecified atom stereocenters. The van der Waals surface area contributed by atoms with Crippen LogP contribution in [0.4, 0.5) is 0 Å². The van der Waals surface area contributed by atoms with Gasteiger partial charge in [-0.05, 0) is 36.4 Å². The topological polar surface area (TPSA) is 78.4 Å². The van der Waals surface area contributed by atoms with Gasteiger partial charge < -0.3 is 9.47 Å². The monoisotopic (exact) mass is 298 g/mol. The van der Waals surface area contributed by atoms with Crippen LogP contribution in [0.25, 0.3) is 0 Å². The predicted molar refractivity (Wildman–Crippen MR) is 78.2 cm³/mol. The molecule has 6 heteroatoms. The number of rotatable bonds is 6. The Kier molecular flexibility index (Phi) is 5.80. The van der Waals surface area contributed by atoms with E-state index in [9.17, 15) is 9.59 Å². The van der Waals surface area contributed by atoms with Crippen LogP contribution in [0.1, 0.15) is 20.7 Å². The zero-order chi connectivity index (χ0) is 15.6. The SMILES string of the molecule is O=C(OC/C=C/COC(=O)c1cccnc1)c1cccnc1. The third-order valence-electron chi connectivity index (χ3n) is 2.58. The zero-order valence-corrected chi connectivity index (χ0v) is 11.7. The van der Waals surface area contributed by atoms with E-state index < -0.39 is 11.9 Å². The Bertz CT molecular complexity index is 584. The van der Waals surface area contributed by atoms with E-state index in [1.54, 1.807) is 48.8 Å². The summed E-state index contributed by atoms with van der Waals surface area (Å²) in [7, 11) is 0. The lowest BCUT2D eigenvalue weighted by molar-refractivity contribution is 0.0526. The molecular weight excluding hydrogens is 284 g/mol. The van der Waals surface area contributed by atoms with E-state index in [1.807, 2.05) is 0 Å². The van der Waals surface area contributed by atoms with Gasteiger partial charge in [0.2, 0.25) is 0 Å². The van der Waals surface area contributed by atoms with Crippen LogP contribution in [0, 0.1) is 0 Å². The molecule has 0 N–H and O–H groups in total. The van der Waals surface area contributed by atoms with Crippen molar-refractivity contribution in [2.75, 3.05) is 13.2 Å². The molecule has 0 aliphatic carbocycles. The summed E-state index contributed by atoms with van der Waals surface area (Å²) < 4.78 is 10.0. The predicted octanol–water partition coefficient (Wildman–Crippen LogP) is 2.05. The summed E-state index contributed by atoms with van der Waals surface area (Å²) in [5, 5.41) is 0. The highest BCUT2D eigenvalue weighted by Crippen LogP contribution is 2.00. The molecule has 22 heavy (non-hydrogen) atoms. The number of esters is 2. The Hall–Kier alpha value is -3.02. The van der Waals surface area contributed by atoms with Crippen molar-refractivity contribution in [3.8, 4) is 0 Å². The van der Waals surface area contributed by atoms with Crippen LogP contribution in [0.5, 0.6) is 0 Å². The number of hydrogen-bond donors (Lipinski definition) is 0. The van der Waals surface area contributed by atoms with Crippen molar-refractivity contribution < 1.29 is 19.1 Å². The maximum atomic E-state index is 11.6. The first-order valence-corrected chi connectivity index (χ1v) is 6.56. The van der Waals surface area contributed by atoms with E-state index >= 15 is 0 Å².